The zero-order valence-corrected chi connectivity index (χ0v) is 21.3. The maximum atomic E-state index is 12.5. The van der Waals surface area contributed by atoms with Crippen LogP contribution in [0.3, 0.4) is 0 Å². The van der Waals surface area contributed by atoms with Gasteiger partial charge in [-0.25, -0.2) is 13.4 Å². The summed E-state index contributed by atoms with van der Waals surface area (Å²) in [5.41, 5.74) is 0.960. The molecule has 1 heterocycles. The lowest BCUT2D eigenvalue weighted by atomic mass is 10.2. The Morgan fingerprint density at radius 1 is 1.17 bits per heavy atom. The van der Waals surface area contributed by atoms with Gasteiger partial charge >= 0.3 is 0 Å². The fraction of sp³-hybridized carbons (Fsp3) is 0.450. The molecule has 1 aromatic carbocycles. The van der Waals surface area contributed by atoms with Crippen LogP contribution in [-0.2, 0) is 23.0 Å². The lowest BCUT2D eigenvalue weighted by Gasteiger charge is -2.21. The van der Waals surface area contributed by atoms with Gasteiger partial charge in [0.25, 0.3) is 0 Å². The number of halogens is 1. The molecule has 0 aliphatic carbocycles. The summed E-state index contributed by atoms with van der Waals surface area (Å²) in [5.74, 6) is 0.760. The summed E-state index contributed by atoms with van der Waals surface area (Å²) >= 11 is 1.75. The smallest absolute Gasteiger partial charge is 0.243 e. The summed E-state index contributed by atoms with van der Waals surface area (Å²) in [5, 5.41) is 8.65. The Kier molecular flexibility index (Phi) is 11.2. The summed E-state index contributed by atoms with van der Waals surface area (Å²) in [7, 11) is -1.85. The second-order valence-electron chi connectivity index (χ2n) is 6.71. The van der Waals surface area contributed by atoms with E-state index < -0.39 is 10.0 Å². The minimum absolute atomic E-state index is 0. The van der Waals surface area contributed by atoms with Gasteiger partial charge < -0.3 is 10.6 Å². The molecule has 29 heavy (non-hydrogen) atoms. The number of aliphatic imine (C=N–C) groups is 1. The third-order valence-corrected chi connectivity index (χ3v) is 7.32. The summed E-state index contributed by atoms with van der Waals surface area (Å²) in [6.07, 6.45) is 0.956. The summed E-state index contributed by atoms with van der Waals surface area (Å²) in [6, 6.07) is 11.0. The first-order chi connectivity index (χ1) is 13.3. The Morgan fingerprint density at radius 2 is 1.86 bits per heavy atom. The van der Waals surface area contributed by atoms with E-state index in [1.807, 2.05) is 32.9 Å². The summed E-state index contributed by atoms with van der Waals surface area (Å²) in [6.45, 7) is 7.81. The predicted molar refractivity (Wildman–Crippen MR) is 133 cm³/mol. The van der Waals surface area contributed by atoms with Crippen molar-refractivity contribution in [2.45, 2.75) is 44.7 Å². The Bertz CT molecular complexity index is 851. The van der Waals surface area contributed by atoms with Gasteiger partial charge in [-0.3, -0.25) is 0 Å². The van der Waals surface area contributed by atoms with Crippen molar-refractivity contribution in [2.75, 3.05) is 20.1 Å². The number of hydrogen-bond acceptors (Lipinski definition) is 4. The minimum Gasteiger partial charge on any atom is -0.357 e. The van der Waals surface area contributed by atoms with Crippen LogP contribution < -0.4 is 10.6 Å². The quantitative estimate of drug-likeness (QED) is 0.284. The lowest BCUT2D eigenvalue weighted by Crippen LogP contribution is -2.38. The van der Waals surface area contributed by atoms with Gasteiger partial charge in [-0.1, -0.05) is 18.2 Å². The molecule has 2 aromatic rings. The average molecular weight is 551 g/mol. The molecule has 0 unspecified atom stereocenters. The molecule has 0 amide bonds. The van der Waals surface area contributed by atoms with Crippen LogP contribution in [0.2, 0.25) is 0 Å². The molecule has 0 saturated carbocycles. The normalized spacial score (nSPS) is 12.1. The molecule has 9 heteroatoms. The molecule has 0 spiro atoms. The van der Waals surface area contributed by atoms with E-state index in [9.17, 15) is 8.42 Å². The first kappa shape index (κ1) is 25.9. The van der Waals surface area contributed by atoms with Gasteiger partial charge in [0.2, 0.25) is 10.0 Å². The lowest BCUT2D eigenvalue weighted by molar-refractivity contribution is 0.410. The Labute approximate surface area is 195 Å². The molecule has 0 radical (unpaired) electrons. The van der Waals surface area contributed by atoms with Crippen LogP contribution in [0, 0.1) is 0 Å². The SMILES string of the molecule is CCNC(=NCc1ccc(S(=O)(=O)N(C)C(C)C)cc1)NCCc1cccs1.I. The summed E-state index contributed by atoms with van der Waals surface area (Å²) in [4.78, 5) is 6.24. The third kappa shape index (κ3) is 7.88. The zero-order valence-electron chi connectivity index (χ0n) is 17.4. The highest BCUT2D eigenvalue weighted by Gasteiger charge is 2.22. The van der Waals surface area contributed by atoms with Crippen molar-refractivity contribution in [3.8, 4) is 0 Å². The van der Waals surface area contributed by atoms with E-state index in [-0.39, 0.29) is 30.0 Å². The molecular formula is C20H31IN4O2S2. The van der Waals surface area contributed by atoms with Crippen molar-refractivity contribution in [1.29, 1.82) is 0 Å². The van der Waals surface area contributed by atoms with E-state index >= 15 is 0 Å². The maximum Gasteiger partial charge on any atom is 0.243 e. The van der Waals surface area contributed by atoms with Gasteiger partial charge in [-0.15, -0.1) is 35.3 Å². The number of thiophene rings is 1. The van der Waals surface area contributed by atoms with E-state index in [4.69, 9.17) is 0 Å². The molecule has 2 rings (SSSR count). The topological polar surface area (TPSA) is 73.8 Å². The van der Waals surface area contributed by atoms with Crippen molar-refractivity contribution < 1.29 is 8.42 Å². The standard InChI is InChI=1S/C20H30N4O2S2.HI/c1-5-21-20(22-13-12-18-7-6-14-27-18)23-15-17-8-10-19(11-9-17)28(25,26)24(4)16(2)3;/h6-11,14,16H,5,12-13,15H2,1-4H3,(H2,21,22,23);1H. The van der Waals surface area contributed by atoms with Crippen molar-refractivity contribution in [2.24, 2.45) is 4.99 Å². The number of benzene rings is 1. The van der Waals surface area contributed by atoms with Crippen LogP contribution in [0.5, 0.6) is 0 Å². The van der Waals surface area contributed by atoms with E-state index in [2.05, 4.69) is 33.1 Å². The first-order valence-corrected chi connectivity index (χ1v) is 11.8. The van der Waals surface area contributed by atoms with Crippen LogP contribution in [0.4, 0.5) is 0 Å². The van der Waals surface area contributed by atoms with Crippen molar-refractivity contribution in [3.63, 3.8) is 0 Å². The van der Waals surface area contributed by atoms with Gasteiger partial charge in [-0.2, -0.15) is 4.31 Å². The Morgan fingerprint density at radius 3 is 2.41 bits per heavy atom. The van der Waals surface area contributed by atoms with Gasteiger partial charge in [0.05, 0.1) is 11.4 Å². The highest BCUT2D eigenvalue weighted by Crippen LogP contribution is 2.17. The van der Waals surface area contributed by atoms with Crippen LogP contribution in [0.1, 0.15) is 31.2 Å². The van der Waals surface area contributed by atoms with E-state index in [1.54, 1.807) is 30.5 Å². The number of nitrogens with one attached hydrogen (secondary N) is 2. The van der Waals surface area contributed by atoms with Crippen LogP contribution in [0.25, 0.3) is 0 Å². The molecule has 6 nitrogen and oxygen atoms in total. The fourth-order valence-electron chi connectivity index (χ4n) is 2.48. The van der Waals surface area contributed by atoms with Crippen LogP contribution >= 0.6 is 35.3 Å². The van der Waals surface area contributed by atoms with Gasteiger partial charge in [0.1, 0.15) is 0 Å². The third-order valence-electron chi connectivity index (χ3n) is 4.34. The fourth-order valence-corrected chi connectivity index (χ4v) is 4.56. The summed E-state index contributed by atoms with van der Waals surface area (Å²) < 4.78 is 26.4. The van der Waals surface area contributed by atoms with Crippen LogP contribution in [-0.4, -0.2) is 44.9 Å². The molecule has 1 aromatic heterocycles. The van der Waals surface area contributed by atoms with E-state index in [0.29, 0.717) is 11.4 Å². The monoisotopic (exact) mass is 550 g/mol. The highest BCUT2D eigenvalue weighted by molar-refractivity contribution is 14.0. The predicted octanol–water partition coefficient (Wildman–Crippen LogP) is 3.69. The second-order valence-corrected chi connectivity index (χ2v) is 9.74. The largest absolute Gasteiger partial charge is 0.357 e. The average Bonchev–Trinajstić information content (AvgIpc) is 3.19. The molecule has 2 N–H and O–H groups in total. The number of rotatable bonds is 9. The maximum absolute atomic E-state index is 12.5. The molecule has 0 aliphatic heterocycles. The molecule has 0 aliphatic rings. The first-order valence-electron chi connectivity index (χ1n) is 9.46. The molecule has 0 saturated heterocycles. The zero-order chi connectivity index (χ0) is 20.6. The van der Waals surface area contributed by atoms with E-state index in [0.717, 1.165) is 31.0 Å². The molecule has 0 fully saturated rings. The number of nitrogens with zero attached hydrogens (tertiary/aromatic N) is 2. The Hall–Kier alpha value is -1.17. The molecule has 162 valence electrons. The van der Waals surface area contributed by atoms with Crippen molar-refractivity contribution in [3.05, 3.63) is 52.2 Å². The molecule has 0 atom stereocenters. The minimum atomic E-state index is -3.45. The number of guanidine groups is 1. The van der Waals surface area contributed by atoms with Gasteiger partial charge in [-0.05, 0) is 56.3 Å². The molecule has 0 bridgehead atoms. The van der Waals surface area contributed by atoms with Gasteiger partial charge in [0, 0.05) is 31.1 Å². The highest BCUT2D eigenvalue weighted by atomic mass is 127. The van der Waals surface area contributed by atoms with Crippen molar-refractivity contribution >= 4 is 51.3 Å². The second kappa shape index (κ2) is 12.5. The van der Waals surface area contributed by atoms with E-state index in [1.165, 1.54) is 9.18 Å². The van der Waals surface area contributed by atoms with Crippen LogP contribution in [0.15, 0.2) is 51.7 Å². The van der Waals surface area contributed by atoms with Crippen molar-refractivity contribution in [1.82, 2.24) is 14.9 Å². The Balaban J connectivity index is 0.00000420. The number of hydrogen-bond donors (Lipinski definition) is 2. The molecular weight excluding hydrogens is 519 g/mol. The van der Waals surface area contributed by atoms with Gasteiger partial charge in [0.15, 0.2) is 5.96 Å². The number of sulfonamides is 1.